The van der Waals surface area contributed by atoms with Gasteiger partial charge in [-0.05, 0) is 31.2 Å². The van der Waals surface area contributed by atoms with Gasteiger partial charge in [0.1, 0.15) is 5.75 Å². The first kappa shape index (κ1) is 10.1. The molecule has 3 saturated heterocycles. The molecule has 0 amide bonds. The molecule has 3 aliphatic rings. The Labute approximate surface area is 96.3 Å². The lowest BCUT2D eigenvalue weighted by Crippen LogP contribution is -2.66. The van der Waals surface area contributed by atoms with E-state index in [9.17, 15) is 5.11 Å². The minimum atomic E-state index is 0.352. The molecule has 1 aromatic carbocycles. The van der Waals surface area contributed by atoms with Crippen LogP contribution < -0.4 is 0 Å². The predicted molar refractivity (Wildman–Crippen MR) is 63.3 cm³/mol. The third kappa shape index (κ3) is 1.70. The predicted octanol–water partition coefficient (Wildman–Crippen LogP) is 1.28. The highest BCUT2D eigenvalue weighted by atomic mass is 16.3. The van der Waals surface area contributed by atoms with Gasteiger partial charge in [-0.15, -0.1) is 0 Å². The fourth-order valence-corrected chi connectivity index (χ4v) is 2.87. The Morgan fingerprint density at radius 1 is 1.19 bits per heavy atom. The summed E-state index contributed by atoms with van der Waals surface area (Å²) in [6, 6.07) is 9.11. The molecule has 0 aromatic heterocycles. The van der Waals surface area contributed by atoms with Crippen LogP contribution in [0.4, 0.5) is 0 Å². The summed E-state index contributed by atoms with van der Waals surface area (Å²) in [4.78, 5) is 5.01. The number of phenolic OH excluding ortho intramolecular Hbond substituents is 1. The van der Waals surface area contributed by atoms with Gasteiger partial charge in [-0.1, -0.05) is 12.1 Å². The van der Waals surface area contributed by atoms with E-state index >= 15 is 0 Å². The van der Waals surface area contributed by atoms with E-state index in [1.54, 1.807) is 12.1 Å². The van der Waals surface area contributed by atoms with Crippen LogP contribution in [0.25, 0.3) is 0 Å². The normalized spacial score (nSPS) is 30.1. The quantitative estimate of drug-likeness (QED) is 0.810. The average Bonchev–Trinajstić information content (AvgIpc) is 2.32. The lowest BCUT2D eigenvalue weighted by Gasteiger charge is -2.55. The van der Waals surface area contributed by atoms with E-state index in [0.29, 0.717) is 5.75 Å². The second-order valence-electron chi connectivity index (χ2n) is 5.07. The fraction of sp³-hybridized carbons (Fsp3) is 0.538. The van der Waals surface area contributed by atoms with Gasteiger partial charge < -0.3 is 5.11 Å². The maximum atomic E-state index is 9.23. The molecule has 3 heteroatoms. The summed E-state index contributed by atoms with van der Waals surface area (Å²) in [6.07, 6.45) is 1.38. The number of benzene rings is 1. The summed E-state index contributed by atoms with van der Waals surface area (Å²) in [6.45, 7) is 3.39. The molecule has 0 radical (unpaired) electrons. The SMILES string of the molecule is CN1C2CC1CN(Cc1ccc(O)cc1)C2. The standard InChI is InChI=1S/C13H18N2O/c1-14-11-6-12(14)9-15(8-11)7-10-2-4-13(16)5-3-10/h2-5,11-12,16H,6-9H2,1H3. The summed E-state index contributed by atoms with van der Waals surface area (Å²) in [5.41, 5.74) is 1.29. The van der Waals surface area contributed by atoms with Gasteiger partial charge in [0.15, 0.2) is 0 Å². The highest BCUT2D eigenvalue weighted by Crippen LogP contribution is 2.30. The first-order valence-electron chi connectivity index (χ1n) is 5.94. The van der Waals surface area contributed by atoms with Gasteiger partial charge in [0.2, 0.25) is 0 Å². The lowest BCUT2D eigenvalue weighted by atomic mass is 9.88. The number of phenols is 1. The Balaban J connectivity index is 1.62. The van der Waals surface area contributed by atoms with Crippen LogP contribution in [-0.4, -0.2) is 47.1 Å². The van der Waals surface area contributed by atoms with Crippen molar-refractivity contribution in [3.8, 4) is 5.75 Å². The number of nitrogens with zero attached hydrogens (tertiary/aromatic N) is 2. The Morgan fingerprint density at radius 3 is 2.38 bits per heavy atom. The van der Waals surface area contributed by atoms with E-state index < -0.39 is 0 Å². The second-order valence-corrected chi connectivity index (χ2v) is 5.07. The smallest absolute Gasteiger partial charge is 0.115 e. The van der Waals surface area contributed by atoms with Crippen molar-refractivity contribution in [3.05, 3.63) is 29.8 Å². The third-order valence-electron chi connectivity index (χ3n) is 3.98. The molecule has 2 bridgehead atoms. The van der Waals surface area contributed by atoms with Gasteiger partial charge in [-0.25, -0.2) is 0 Å². The zero-order valence-electron chi connectivity index (χ0n) is 9.63. The molecule has 3 nitrogen and oxygen atoms in total. The molecule has 1 aromatic rings. The van der Waals surface area contributed by atoms with Crippen LogP contribution in [0, 0.1) is 0 Å². The number of rotatable bonds is 2. The van der Waals surface area contributed by atoms with E-state index in [0.717, 1.165) is 18.6 Å². The summed E-state index contributed by atoms with van der Waals surface area (Å²) in [7, 11) is 2.23. The lowest BCUT2D eigenvalue weighted by molar-refractivity contribution is -0.0532. The van der Waals surface area contributed by atoms with Gasteiger partial charge in [0.25, 0.3) is 0 Å². The van der Waals surface area contributed by atoms with Crippen molar-refractivity contribution >= 4 is 0 Å². The monoisotopic (exact) mass is 218 g/mol. The van der Waals surface area contributed by atoms with E-state index in [2.05, 4.69) is 16.8 Å². The van der Waals surface area contributed by atoms with Crippen LogP contribution in [-0.2, 0) is 6.54 Å². The molecule has 2 unspecified atom stereocenters. The Morgan fingerprint density at radius 2 is 1.81 bits per heavy atom. The minimum Gasteiger partial charge on any atom is -0.508 e. The van der Waals surface area contributed by atoms with Crippen LogP contribution in [0.1, 0.15) is 12.0 Å². The van der Waals surface area contributed by atoms with Gasteiger partial charge in [-0.3, -0.25) is 9.80 Å². The molecule has 86 valence electrons. The molecule has 1 N–H and O–H groups in total. The van der Waals surface area contributed by atoms with E-state index in [4.69, 9.17) is 0 Å². The zero-order chi connectivity index (χ0) is 11.1. The Bertz CT molecular complexity index is 364. The van der Waals surface area contributed by atoms with Crippen LogP contribution >= 0.6 is 0 Å². The molecule has 3 fully saturated rings. The van der Waals surface area contributed by atoms with Crippen LogP contribution in [0.3, 0.4) is 0 Å². The summed E-state index contributed by atoms with van der Waals surface area (Å²) < 4.78 is 0. The number of hydrogen-bond donors (Lipinski definition) is 1. The molecular weight excluding hydrogens is 200 g/mol. The van der Waals surface area contributed by atoms with Crippen molar-refractivity contribution < 1.29 is 5.11 Å². The van der Waals surface area contributed by atoms with Crippen molar-refractivity contribution in [3.63, 3.8) is 0 Å². The highest BCUT2D eigenvalue weighted by molar-refractivity contribution is 5.26. The first-order chi connectivity index (χ1) is 7.72. The zero-order valence-corrected chi connectivity index (χ0v) is 9.63. The molecule has 2 atom stereocenters. The average molecular weight is 218 g/mol. The Kier molecular flexibility index (Phi) is 2.37. The van der Waals surface area contributed by atoms with E-state index in [1.165, 1.54) is 25.1 Å². The summed E-state index contributed by atoms with van der Waals surface area (Å²) in [5, 5.41) is 9.23. The highest BCUT2D eigenvalue weighted by Gasteiger charge is 2.41. The number of hydrogen-bond acceptors (Lipinski definition) is 3. The first-order valence-corrected chi connectivity index (χ1v) is 5.94. The largest absolute Gasteiger partial charge is 0.508 e. The van der Waals surface area contributed by atoms with Gasteiger partial charge >= 0.3 is 0 Å². The molecule has 16 heavy (non-hydrogen) atoms. The Hall–Kier alpha value is -1.06. The van der Waals surface area contributed by atoms with Gasteiger partial charge in [0, 0.05) is 31.7 Å². The molecule has 0 aliphatic carbocycles. The summed E-state index contributed by atoms with van der Waals surface area (Å²) in [5.74, 6) is 0.352. The number of fused-ring (bicyclic) bond motifs is 2. The molecule has 3 aliphatic heterocycles. The van der Waals surface area contributed by atoms with Crippen molar-refractivity contribution in [2.45, 2.75) is 25.0 Å². The maximum Gasteiger partial charge on any atom is 0.115 e. The van der Waals surface area contributed by atoms with E-state index in [1.807, 2.05) is 12.1 Å². The third-order valence-corrected chi connectivity index (χ3v) is 3.98. The number of aromatic hydroxyl groups is 1. The minimum absolute atomic E-state index is 0.352. The molecule has 0 spiro atoms. The van der Waals surface area contributed by atoms with Gasteiger partial charge in [0.05, 0.1) is 0 Å². The van der Waals surface area contributed by atoms with Crippen molar-refractivity contribution in [1.82, 2.24) is 9.80 Å². The summed E-state index contributed by atoms with van der Waals surface area (Å²) >= 11 is 0. The molecule has 0 saturated carbocycles. The fourth-order valence-electron chi connectivity index (χ4n) is 2.87. The van der Waals surface area contributed by atoms with Crippen LogP contribution in [0.15, 0.2) is 24.3 Å². The van der Waals surface area contributed by atoms with Gasteiger partial charge in [-0.2, -0.15) is 0 Å². The van der Waals surface area contributed by atoms with Crippen LogP contribution in [0.5, 0.6) is 5.75 Å². The second kappa shape index (κ2) is 3.75. The maximum absolute atomic E-state index is 9.23. The number of piperazine rings is 1. The number of likely N-dealkylation sites (N-methyl/N-ethyl adjacent to an activating group) is 1. The molecule has 3 heterocycles. The van der Waals surface area contributed by atoms with Crippen molar-refractivity contribution in [2.24, 2.45) is 0 Å². The van der Waals surface area contributed by atoms with E-state index in [-0.39, 0.29) is 0 Å². The van der Waals surface area contributed by atoms with Crippen LogP contribution in [0.2, 0.25) is 0 Å². The molecule has 4 rings (SSSR count). The van der Waals surface area contributed by atoms with Crippen molar-refractivity contribution in [1.29, 1.82) is 0 Å². The van der Waals surface area contributed by atoms with Crippen molar-refractivity contribution in [2.75, 3.05) is 20.1 Å². The number of piperidine rings is 1. The molecular formula is C13H18N2O. The topological polar surface area (TPSA) is 26.7 Å².